The van der Waals surface area contributed by atoms with Gasteiger partial charge in [-0.2, -0.15) is 0 Å². The number of carbonyl (C=O) groups excluding carboxylic acids is 2. The monoisotopic (exact) mass is 489 g/mol. The number of rotatable bonds is 3. The second-order valence-corrected chi connectivity index (χ2v) is 8.36. The number of hydrogen-bond acceptors (Lipinski definition) is 2. The summed E-state index contributed by atoms with van der Waals surface area (Å²) in [6.45, 7) is 0.725. The summed E-state index contributed by atoms with van der Waals surface area (Å²) in [7, 11) is 0. The highest BCUT2D eigenvalue weighted by molar-refractivity contribution is 14.1. The molecule has 1 aliphatic carbocycles. The SMILES string of the molecule is O=C1C(=Cc2cn(Cc3ccc(I)cc3)c3ccccc23)C(=O)c2ccccc21. The number of benzene rings is 3. The maximum atomic E-state index is 12.8. The molecule has 4 aromatic rings. The Morgan fingerprint density at radius 2 is 1.41 bits per heavy atom. The van der Waals surface area contributed by atoms with E-state index < -0.39 is 0 Å². The summed E-state index contributed by atoms with van der Waals surface area (Å²) < 4.78 is 3.37. The van der Waals surface area contributed by atoms with Crippen molar-refractivity contribution in [2.45, 2.75) is 6.54 Å². The fourth-order valence-corrected chi connectivity index (χ4v) is 4.23. The van der Waals surface area contributed by atoms with Crippen LogP contribution in [0.5, 0.6) is 0 Å². The van der Waals surface area contributed by atoms with Gasteiger partial charge in [0.25, 0.3) is 0 Å². The lowest BCUT2D eigenvalue weighted by Gasteiger charge is -2.05. The molecule has 0 spiro atoms. The molecule has 5 rings (SSSR count). The largest absolute Gasteiger partial charge is 0.342 e. The summed E-state index contributed by atoms with van der Waals surface area (Å²) in [4.78, 5) is 25.6. The standard InChI is InChI=1S/C25H16INO2/c26-18-11-9-16(10-12-18)14-27-15-17(19-5-3-4-8-23(19)27)13-22-24(28)20-6-1-2-7-21(20)25(22)29/h1-13,15H,14H2. The molecule has 0 atom stereocenters. The van der Waals surface area contributed by atoms with Crippen LogP contribution in [0.1, 0.15) is 31.8 Å². The zero-order valence-electron chi connectivity index (χ0n) is 15.4. The zero-order valence-corrected chi connectivity index (χ0v) is 17.6. The number of allylic oxidation sites excluding steroid dienone is 1. The molecule has 0 amide bonds. The summed E-state index contributed by atoms with van der Waals surface area (Å²) >= 11 is 2.30. The van der Waals surface area contributed by atoms with E-state index in [2.05, 4.69) is 57.5 Å². The molecule has 140 valence electrons. The van der Waals surface area contributed by atoms with Gasteiger partial charge in [0.1, 0.15) is 0 Å². The van der Waals surface area contributed by atoms with Crippen LogP contribution < -0.4 is 0 Å². The van der Waals surface area contributed by atoms with Gasteiger partial charge in [-0.25, -0.2) is 0 Å². The Balaban J connectivity index is 1.60. The normalized spacial score (nSPS) is 13.2. The molecule has 3 nitrogen and oxygen atoms in total. The first-order valence-corrected chi connectivity index (χ1v) is 10.4. The van der Waals surface area contributed by atoms with Crippen molar-refractivity contribution in [2.75, 3.05) is 0 Å². The second kappa shape index (κ2) is 7.12. The van der Waals surface area contributed by atoms with Gasteiger partial charge in [-0.1, -0.05) is 54.6 Å². The number of para-hydroxylation sites is 1. The molecule has 1 aromatic heterocycles. The number of halogens is 1. The minimum Gasteiger partial charge on any atom is -0.342 e. The van der Waals surface area contributed by atoms with E-state index >= 15 is 0 Å². The van der Waals surface area contributed by atoms with Gasteiger partial charge in [-0.15, -0.1) is 0 Å². The average molecular weight is 489 g/mol. The number of Topliss-reactive ketones (excluding diaryl/α,β-unsaturated/α-hetero) is 2. The van der Waals surface area contributed by atoms with Gasteiger partial charge >= 0.3 is 0 Å². The Bertz CT molecular complexity index is 1280. The van der Waals surface area contributed by atoms with Crippen LogP contribution >= 0.6 is 22.6 Å². The van der Waals surface area contributed by atoms with E-state index in [1.165, 1.54) is 9.13 Å². The fourth-order valence-electron chi connectivity index (χ4n) is 3.87. The van der Waals surface area contributed by atoms with Crippen molar-refractivity contribution < 1.29 is 9.59 Å². The van der Waals surface area contributed by atoms with Crippen LogP contribution in [0, 0.1) is 3.57 Å². The van der Waals surface area contributed by atoms with E-state index in [0.717, 1.165) is 23.0 Å². The average Bonchev–Trinajstić information content (AvgIpc) is 3.21. The van der Waals surface area contributed by atoms with E-state index in [1.54, 1.807) is 30.3 Å². The van der Waals surface area contributed by atoms with Gasteiger partial charge in [0, 0.05) is 43.9 Å². The maximum Gasteiger partial charge on any atom is 0.197 e. The number of ketones is 2. The molecule has 0 saturated carbocycles. The molecule has 0 radical (unpaired) electrons. The molecule has 0 N–H and O–H groups in total. The van der Waals surface area contributed by atoms with E-state index in [4.69, 9.17) is 0 Å². The highest BCUT2D eigenvalue weighted by Gasteiger charge is 2.32. The van der Waals surface area contributed by atoms with E-state index in [0.29, 0.717) is 11.1 Å². The van der Waals surface area contributed by atoms with Gasteiger partial charge in [0.15, 0.2) is 11.6 Å². The lowest BCUT2D eigenvalue weighted by Crippen LogP contribution is -2.00. The van der Waals surface area contributed by atoms with Gasteiger partial charge < -0.3 is 4.57 Å². The highest BCUT2D eigenvalue weighted by atomic mass is 127. The molecule has 29 heavy (non-hydrogen) atoms. The molecule has 0 saturated heterocycles. The number of carbonyl (C=O) groups is 2. The molecular weight excluding hydrogens is 473 g/mol. The summed E-state index contributed by atoms with van der Waals surface area (Å²) in [6, 6.07) is 23.5. The maximum absolute atomic E-state index is 12.8. The van der Waals surface area contributed by atoms with Crippen LogP contribution in [0.15, 0.2) is 84.6 Å². The van der Waals surface area contributed by atoms with Crippen LogP contribution in [-0.2, 0) is 6.54 Å². The third-order valence-corrected chi connectivity index (χ3v) is 6.01. The lowest BCUT2D eigenvalue weighted by molar-refractivity contribution is 0.0990. The molecule has 0 aliphatic heterocycles. The van der Waals surface area contributed by atoms with Crippen molar-refractivity contribution in [3.05, 3.63) is 110 Å². The Morgan fingerprint density at radius 1 is 0.793 bits per heavy atom. The summed E-state index contributed by atoms with van der Waals surface area (Å²) in [6.07, 6.45) is 3.77. The highest BCUT2D eigenvalue weighted by Crippen LogP contribution is 2.30. The van der Waals surface area contributed by atoms with Gasteiger partial charge in [-0.05, 0) is 52.4 Å². The van der Waals surface area contributed by atoms with Crippen LogP contribution in [-0.4, -0.2) is 16.1 Å². The Morgan fingerprint density at radius 3 is 2.10 bits per heavy atom. The third kappa shape index (κ3) is 3.13. The van der Waals surface area contributed by atoms with Crippen molar-refractivity contribution in [3.63, 3.8) is 0 Å². The quantitative estimate of drug-likeness (QED) is 0.209. The first kappa shape index (κ1) is 18.1. The molecule has 1 aliphatic rings. The lowest BCUT2D eigenvalue weighted by atomic mass is 10.1. The fraction of sp³-hybridized carbons (Fsp3) is 0.0400. The minimum atomic E-state index is -0.194. The smallest absolute Gasteiger partial charge is 0.197 e. The van der Waals surface area contributed by atoms with Crippen molar-refractivity contribution >= 4 is 51.1 Å². The van der Waals surface area contributed by atoms with E-state index in [9.17, 15) is 9.59 Å². The zero-order chi connectivity index (χ0) is 20.0. The van der Waals surface area contributed by atoms with Gasteiger partial charge in [0.05, 0.1) is 5.57 Å². The summed E-state index contributed by atoms with van der Waals surface area (Å²) in [5.41, 5.74) is 4.39. The number of aromatic nitrogens is 1. The van der Waals surface area contributed by atoms with Crippen molar-refractivity contribution in [2.24, 2.45) is 0 Å². The van der Waals surface area contributed by atoms with Crippen LogP contribution in [0.2, 0.25) is 0 Å². The molecule has 1 heterocycles. The predicted octanol–water partition coefficient (Wildman–Crippen LogP) is 5.76. The topological polar surface area (TPSA) is 39.1 Å². The van der Waals surface area contributed by atoms with E-state index in [-0.39, 0.29) is 17.1 Å². The van der Waals surface area contributed by atoms with Crippen molar-refractivity contribution in [1.82, 2.24) is 4.57 Å². The Labute approximate surface area is 181 Å². The first-order chi connectivity index (χ1) is 14.1. The third-order valence-electron chi connectivity index (χ3n) is 5.29. The summed E-state index contributed by atoms with van der Waals surface area (Å²) in [5, 5.41) is 1.03. The number of fused-ring (bicyclic) bond motifs is 2. The number of nitrogens with zero attached hydrogens (tertiary/aromatic N) is 1. The van der Waals surface area contributed by atoms with Crippen molar-refractivity contribution in [3.8, 4) is 0 Å². The Hall–Kier alpha value is -2.99. The molecule has 0 bridgehead atoms. The molecule has 0 unspecified atom stereocenters. The van der Waals surface area contributed by atoms with Crippen molar-refractivity contribution in [1.29, 1.82) is 0 Å². The molecule has 0 fully saturated rings. The van der Waals surface area contributed by atoms with Crippen LogP contribution in [0.3, 0.4) is 0 Å². The van der Waals surface area contributed by atoms with E-state index in [1.807, 2.05) is 24.4 Å². The summed E-state index contributed by atoms with van der Waals surface area (Å²) in [5.74, 6) is -0.389. The second-order valence-electron chi connectivity index (χ2n) is 7.12. The Kier molecular flexibility index (Phi) is 4.43. The molecule has 3 aromatic carbocycles. The number of hydrogen-bond donors (Lipinski definition) is 0. The van der Waals surface area contributed by atoms with Crippen LogP contribution in [0.25, 0.3) is 17.0 Å². The van der Waals surface area contributed by atoms with Crippen LogP contribution in [0.4, 0.5) is 0 Å². The molecular formula is C25H16INO2. The van der Waals surface area contributed by atoms with Gasteiger partial charge in [-0.3, -0.25) is 9.59 Å². The van der Waals surface area contributed by atoms with Gasteiger partial charge in [0.2, 0.25) is 0 Å². The predicted molar refractivity (Wildman–Crippen MR) is 123 cm³/mol. The molecule has 4 heteroatoms. The minimum absolute atomic E-state index is 0.194. The first-order valence-electron chi connectivity index (χ1n) is 9.34.